The molecule has 0 amide bonds. The Balaban J connectivity index is 2.57. The molecule has 1 aromatic carbocycles. The fourth-order valence-corrected chi connectivity index (χ4v) is 2.50. The van der Waals surface area contributed by atoms with Gasteiger partial charge in [0, 0.05) is 13.1 Å². The molecule has 0 aliphatic heterocycles. The van der Waals surface area contributed by atoms with Crippen molar-refractivity contribution in [1.29, 1.82) is 0 Å². The molecule has 0 spiro atoms. The zero-order chi connectivity index (χ0) is 14.9. The Hall–Kier alpha value is -1.44. The normalized spacial score (nSPS) is 10.9. The van der Waals surface area contributed by atoms with E-state index in [1.807, 2.05) is 7.05 Å². The number of halogens is 1. The first-order chi connectivity index (χ1) is 9.43. The number of nitrogens with zero attached hydrogens (tertiary/aromatic N) is 3. The monoisotopic (exact) mass is 385 g/mol. The average Bonchev–Trinajstić information content (AvgIpc) is 2.44. The number of rotatable bonds is 3. The number of carbonyl (C=O) groups excluding carboxylic acids is 1. The maximum Gasteiger partial charge on any atom is 0.337 e. The Morgan fingerprint density at radius 2 is 2.00 bits per heavy atom. The summed E-state index contributed by atoms with van der Waals surface area (Å²) in [4.78, 5) is 22.8. The van der Waals surface area contributed by atoms with Gasteiger partial charge in [-0.3, -0.25) is 0 Å². The van der Waals surface area contributed by atoms with E-state index in [4.69, 9.17) is 4.74 Å². The van der Waals surface area contributed by atoms with E-state index in [2.05, 4.69) is 51.3 Å². The molecule has 0 fully saturated rings. The number of anilines is 1. The van der Waals surface area contributed by atoms with Crippen LogP contribution in [0.2, 0.25) is 0 Å². The minimum absolute atomic E-state index is 0.319. The lowest BCUT2D eigenvalue weighted by atomic mass is 10.2. The van der Waals surface area contributed by atoms with E-state index in [9.17, 15) is 4.79 Å². The lowest BCUT2D eigenvalue weighted by molar-refractivity contribution is 0.0601. The average molecular weight is 385 g/mol. The molecule has 20 heavy (non-hydrogen) atoms. The Morgan fingerprint density at radius 1 is 1.30 bits per heavy atom. The highest BCUT2D eigenvalue weighted by Gasteiger charge is 2.14. The van der Waals surface area contributed by atoms with E-state index in [1.54, 1.807) is 18.2 Å². The van der Waals surface area contributed by atoms with Gasteiger partial charge in [-0.15, -0.1) is 0 Å². The predicted molar refractivity (Wildman–Crippen MR) is 87.1 cm³/mol. The van der Waals surface area contributed by atoms with Gasteiger partial charge in [-0.2, -0.15) is 0 Å². The van der Waals surface area contributed by atoms with Crippen LogP contribution in [0.4, 0.5) is 5.82 Å². The van der Waals surface area contributed by atoms with Gasteiger partial charge in [0.15, 0.2) is 5.82 Å². The molecule has 6 heteroatoms. The highest BCUT2D eigenvalue weighted by atomic mass is 127. The quantitative estimate of drug-likeness (QED) is 0.601. The largest absolute Gasteiger partial charge is 0.465 e. The first-order valence-corrected chi connectivity index (χ1v) is 7.30. The van der Waals surface area contributed by atoms with Crippen molar-refractivity contribution in [3.63, 3.8) is 0 Å². The maximum absolute atomic E-state index is 11.6. The van der Waals surface area contributed by atoms with Crippen LogP contribution in [0, 0.1) is 3.70 Å². The third-order valence-electron chi connectivity index (χ3n) is 3.13. The zero-order valence-electron chi connectivity index (χ0n) is 11.8. The predicted octanol–water partition coefficient (Wildman–Crippen LogP) is 2.87. The van der Waals surface area contributed by atoms with Crippen molar-refractivity contribution in [3.8, 4) is 0 Å². The van der Waals surface area contributed by atoms with E-state index in [-0.39, 0.29) is 5.97 Å². The number of esters is 1. The fraction of sp³-hybridized carbons (Fsp3) is 0.357. The third-order valence-corrected chi connectivity index (χ3v) is 3.86. The standard InChI is InChI=1S/C14H16IN3O2/c1-8(2)18(3)13-12(15)16-10-6-5-9(14(19)20-4)7-11(10)17-13/h5-8H,1-4H3. The Kier molecular flexibility index (Phi) is 4.42. The van der Waals surface area contributed by atoms with Crippen molar-refractivity contribution >= 4 is 45.4 Å². The van der Waals surface area contributed by atoms with E-state index in [0.29, 0.717) is 17.1 Å². The highest BCUT2D eigenvalue weighted by molar-refractivity contribution is 14.1. The molecular formula is C14H16IN3O2. The summed E-state index contributed by atoms with van der Waals surface area (Å²) in [6, 6.07) is 5.52. The van der Waals surface area contributed by atoms with Gasteiger partial charge in [0.25, 0.3) is 0 Å². The fourth-order valence-electron chi connectivity index (χ4n) is 1.74. The lowest BCUT2D eigenvalue weighted by Gasteiger charge is -2.23. The van der Waals surface area contributed by atoms with Crippen LogP contribution >= 0.6 is 22.6 Å². The molecule has 0 saturated carbocycles. The van der Waals surface area contributed by atoms with E-state index in [0.717, 1.165) is 15.0 Å². The van der Waals surface area contributed by atoms with Gasteiger partial charge in [0.1, 0.15) is 3.70 Å². The van der Waals surface area contributed by atoms with Crippen molar-refractivity contribution in [1.82, 2.24) is 9.97 Å². The molecule has 2 rings (SSSR count). The summed E-state index contributed by atoms with van der Waals surface area (Å²) in [7, 11) is 3.34. The van der Waals surface area contributed by atoms with Crippen LogP contribution in [0.15, 0.2) is 18.2 Å². The topological polar surface area (TPSA) is 55.3 Å². The summed E-state index contributed by atoms with van der Waals surface area (Å²) in [5.41, 5.74) is 1.94. The minimum Gasteiger partial charge on any atom is -0.465 e. The summed E-state index contributed by atoms with van der Waals surface area (Å²) in [6.45, 7) is 4.18. The molecule has 106 valence electrons. The smallest absolute Gasteiger partial charge is 0.337 e. The molecule has 0 aliphatic rings. The minimum atomic E-state index is -0.369. The number of hydrogen-bond acceptors (Lipinski definition) is 5. The SMILES string of the molecule is COC(=O)c1ccc2nc(I)c(N(C)C(C)C)nc2c1. The van der Waals surface area contributed by atoms with Gasteiger partial charge in [-0.05, 0) is 54.6 Å². The Morgan fingerprint density at radius 3 is 2.60 bits per heavy atom. The first kappa shape index (κ1) is 15.0. The Labute approximate surface area is 131 Å². The van der Waals surface area contributed by atoms with Gasteiger partial charge in [0.2, 0.25) is 0 Å². The first-order valence-electron chi connectivity index (χ1n) is 6.22. The molecule has 0 aliphatic carbocycles. The second-order valence-corrected chi connectivity index (χ2v) is 5.76. The van der Waals surface area contributed by atoms with Gasteiger partial charge in [-0.1, -0.05) is 0 Å². The molecule has 1 aromatic heterocycles. The van der Waals surface area contributed by atoms with Gasteiger partial charge < -0.3 is 9.64 Å². The summed E-state index contributed by atoms with van der Waals surface area (Å²) >= 11 is 2.18. The van der Waals surface area contributed by atoms with Crippen molar-refractivity contribution in [2.75, 3.05) is 19.1 Å². The second kappa shape index (κ2) is 5.90. The molecule has 0 bridgehead atoms. The van der Waals surface area contributed by atoms with Crippen LogP contribution in [-0.2, 0) is 4.74 Å². The molecule has 0 radical (unpaired) electrons. The van der Waals surface area contributed by atoms with Gasteiger partial charge >= 0.3 is 5.97 Å². The summed E-state index contributed by atoms with van der Waals surface area (Å²) < 4.78 is 5.57. The highest BCUT2D eigenvalue weighted by Crippen LogP contribution is 2.23. The number of benzene rings is 1. The number of ether oxygens (including phenoxy) is 1. The van der Waals surface area contributed by atoms with Crippen molar-refractivity contribution in [2.45, 2.75) is 19.9 Å². The van der Waals surface area contributed by atoms with Crippen molar-refractivity contribution in [2.24, 2.45) is 0 Å². The lowest BCUT2D eigenvalue weighted by Crippen LogP contribution is -2.27. The van der Waals surface area contributed by atoms with Crippen molar-refractivity contribution in [3.05, 3.63) is 27.5 Å². The number of methoxy groups -OCH3 is 1. The molecule has 0 atom stereocenters. The maximum atomic E-state index is 11.6. The molecule has 2 aromatic rings. The second-order valence-electron chi connectivity index (χ2n) is 4.74. The van der Waals surface area contributed by atoms with Crippen molar-refractivity contribution < 1.29 is 9.53 Å². The molecule has 5 nitrogen and oxygen atoms in total. The van der Waals surface area contributed by atoms with Crippen LogP contribution < -0.4 is 4.90 Å². The number of carbonyl (C=O) groups is 1. The van der Waals surface area contributed by atoms with Crippen LogP contribution in [0.1, 0.15) is 24.2 Å². The molecular weight excluding hydrogens is 369 g/mol. The number of aromatic nitrogens is 2. The van der Waals surface area contributed by atoms with Gasteiger partial charge in [-0.25, -0.2) is 14.8 Å². The molecule has 0 N–H and O–H groups in total. The zero-order valence-corrected chi connectivity index (χ0v) is 14.0. The van der Waals surface area contributed by atoms with Crippen LogP contribution in [0.3, 0.4) is 0 Å². The molecule has 0 saturated heterocycles. The number of fused-ring (bicyclic) bond motifs is 1. The summed E-state index contributed by atoms with van der Waals surface area (Å²) in [5, 5.41) is 0. The molecule has 0 unspecified atom stereocenters. The van der Waals surface area contributed by atoms with Gasteiger partial charge in [0.05, 0.1) is 23.7 Å². The van der Waals surface area contributed by atoms with Crippen LogP contribution in [-0.4, -0.2) is 36.1 Å². The molecule has 1 heterocycles. The van der Waals surface area contributed by atoms with E-state index < -0.39 is 0 Å². The third kappa shape index (κ3) is 2.84. The van der Waals surface area contributed by atoms with Crippen LogP contribution in [0.25, 0.3) is 11.0 Å². The van der Waals surface area contributed by atoms with Crippen LogP contribution in [0.5, 0.6) is 0 Å². The summed E-state index contributed by atoms with van der Waals surface area (Å²) in [5.74, 6) is 0.445. The summed E-state index contributed by atoms with van der Waals surface area (Å²) in [6.07, 6.45) is 0. The van der Waals surface area contributed by atoms with E-state index in [1.165, 1.54) is 7.11 Å². The Bertz CT molecular complexity index is 658. The number of hydrogen-bond donors (Lipinski definition) is 0. The van der Waals surface area contributed by atoms with E-state index >= 15 is 0 Å².